The van der Waals surface area contributed by atoms with Crippen molar-refractivity contribution in [2.75, 3.05) is 0 Å². The van der Waals surface area contributed by atoms with Crippen molar-refractivity contribution in [3.05, 3.63) is 52.3 Å². The van der Waals surface area contributed by atoms with Gasteiger partial charge in [0.1, 0.15) is 0 Å². The van der Waals surface area contributed by atoms with Gasteiger partial charge in [0.2, 0.25) is 0 Å². The molecule has 1 aromatic heterocycles. The molecule has 0 spiro atoms. The van der Waals surface area contributed by atoms with Crippen molar-refractivity contribution in [1.29, 1.82) is 0 Å². The Morgan fingerprint density at radius 2 is 1.90 bits per heavy atom. The summed E-state index contributed by atoms with van der Waals surface area (Å²) in [7, 11) is 0. The number of aromatic nitrogens is 2. The highest BCUT2D eigenvalue weighted by atomic mass is 79.9. The zero-order chi connectivity index (χ0) is 15.2. The van der Waals surface area contributed by atoms with Crippen LogP contribution in [0.25, 0.3) is 0 Å². The third-order valence-electron chi connectivity index (χ3n) is 3.94. The first-order valence-corrected chi connectivity index (χ1v) is 8.46. The standard InChI is InChI=1S/C17H24BrN3/c1-4-15(5-2)21-11-10-14(20-21)12-19-13(3)16-8-6-7-9-17(16)18/h6-11,13,15,19H,4-5,12H2,1-3H3/t13-/m0/s1. The quantitative estimate of drug-likeness (QED) is 0.773. The molecular formula is C17H24BrN3. The lowest BCUT2D eigenvalue weighted by atomic mass is 10.1. The molecule has 2 rings (SSSR count). The summed E-state index contributed by atoms with van der Waals surface area (Å²) in [5.74, 6) is 0. The second-order valence-electron chi connectivity index (χ2n) is 5.38. The van der Waals surface area contributed by atoms with E-state index in [4.69, 9.17) is 0 Å². The number of hydrogen-bond acceptors (Lipinski definition) is 2. The lowest BCUT2D eigenvalue weighted by Crippen LogP contribution is -2.19. The topological polar surface area (TPSA) is 29.9 Å². The van der Waals surface area contributed by atoms with E-state index >= 15 is 0 Å². The first-order chi connectivity index (χ1) is 10.2. The molecule has 4 heteroatoms. The largest absolute Gasteiger partial charge is 0.304 e. The Balaban J connectivity index is 1.96. The first-order valence-electron chi connectivity index (χ1n) is 7.67. The molecule has 0 saturated heterocycles. The average molecular weight is 350 g/mol. The van der Waals surface area contributed by atoms with Crippen LogP contribution in [0.15, 0.2) is 41.0 Å². The third kappa shape index (κ3) is 4.17. The van der Waals surface area contributed by atoms with E-state index in [-0.39, 0.29) is 0 Å². The number of rotatable bonds is 7. The Morgan fingerprint density at radius 3 is 2.57 bits per heavy atom. The minimum Gasteiger partial charge on any atom is -0.304 e. The van der Waals surface area contributed by atoms with Gasteiger partial charge in [0.15, 0.2) is 0 Å². The zero-order valence-corrected chi connectivity index (χ0v) is 14.6. The summed E-state index contributed by atoms with van der Waals surface area (Å²) in [6.07, 6.45) is 4.34. The summed E-state index contributed by atoms with van der Waals surface area (Å²) in [6.45, 7) is 7.39. The van der Waals surface area contributed by atoms with Gasteiger partial charge in [0.25, 0.3) is 0 Å². The maximum Gasteiger partial charge on any atom is 0.0762 e. The Labute approximate surface area is 135 Å². The Morgan fingerprint density at radius 1 is 1.19 bits per heavy atom. The predicted molar refractivity (Wildman–Crippen MR) is 91.2 cm³/mol. The molecule has 114 valence electrons. The van der Waals surface area contributed by atoms with Crippen molar-refractivity contribution in [3.63, 3.8) is 0 Å². The Kier molecular flexibility index (Phi) is 6.00. The molecule has 1 atom stereocenters. The lowest BCUT2D eigenvalue weighted by Gasteiger charge is -2.15. The van der Waals surface area contributed by atoms with Crippen molar-refractivity contribution in [2.45, 2.75) is 52.2 Å². The molecular weight excluding hydrogens is 326 g/mol. The number of halogens is 1. The van der Waals surface area contributed by atoms with Crippen LogP contribution in [0.3, 0.4) is 0 Å². The second-order valence-corrected chi connectivity index (χ2v) is 6.24. The van der Waals surface area contributed by atoms with Gasteiger partial charge in [-0.15, -0.1) is 0 Å². The zero-order valence-electron chi connectivity index (χ0n) is 13.0. The summed E-state index contributed by atoms with van der Waals surface area (Å²) >= 11 is 3.61. The maximum atomic E-state index is 4.68. The highest BCUT2D eigenvalue weighted by Crippen LogP contribution is 2.23. The van der Waals surface area contributed by atoms with Crippen molar-refractivity contribution < 1.29 is 0 Å². The fraction of sp³-hybridized carbons (Fsp3) is 0.471. The van der Waals surface area contributed by atoms with Gasteiger partial charge < -0.3 is 5.32 Å². The van der Waals surface area contributed by atoms with Crippen LogP contribution < -0.4 is 5.32 Å². The molecule has 0 aliphatic rings. The van der Waals surface area contributed by atoms with E-state index in [9.17, 15) is 0 Å². The molecule has 3 nitrogen and oxygen atoms in total. The third-order valence-corrected chi connectivity index (χ3v) is 4.66. The van der Waals surface area contributed by atoms with Gasteiger partial charge in [-0.3, -0.25) is 4.68 Å². The molecule has 0 amide bonds. The van der Waals surface area contributed by atoms with Crippen LogP contribution in [0.2, 0.25) is 0 Å². The van der Waals surface area contributed by atoms with Gasteiger partial charge in [-0.2, -0.15) is 5.10 Å². The normalized spacial score (nSPS) is 12.8. The molecule has 1 heterocycles. The highest BCUT2D eigenvalue weighted by Gasteiger charge is 2.11. The molecule has 0 unspecified atom stereocenters. The summed E-state index contributed by atoms with van der Waals surface area (Å²) in [6, 6.07) is 11.2. The van der Waals surface area contributed by atoms with Crippen LogP contribution in [0.1, 0.15) is 57.0 Å². The van der Waals surface area contributed by atoms with Crippen LogP contribution in [0.5, 0.6) is 0 Å². The van der Waals surface area contributed by atoms with E-state index in [0.717, 1.165) is 29.6 Å². The van der Waals surface area contributed by atoms with Gasteiger partial charge >= 0.3 is 0 Å². The van der Waals surface area contributed by atoms with Crippen LogP contribution in [0.4, 0.5) is 0 Å². The van der Waals surface area contributed by atoms with Crippen LogP contribution in [0, 0.1) is 0 Å². The summed E-state index contributed by atoms with van der Waals surface area (Å²) < 4.78 is 3.24. The fourth-order valence-corrected chi connectivity index (χ4v) is 3.16. The number of hydrogen-bond donors (Lipinski definition) is 1. The number of benzene rings is 1. The lowest BCUT2D eigenvalue weighted by molar-refractivity contribution is 0.423. The van der Waals surface area contributed by atoms with Crippen molar-refractivity contribution in [1.82, 2.24) is 15.1 Å². The molecule has 1 aromatic carbocycles. The van der Waals surface area contributed by atoms with E-state index in [0.29, 0.717) is 12.1 Å². The minimum absolute atomic E-state index is 0.291. The molecule has 0 aliphatic heterocycles. The first kappa shape index (κ1) is 16.2. The van der Waals surface area contributed by atoms with E-state index < -0.39 is 0 Å². The molecule has 0 radical (unpaired) electrons. The molecule has 0 aliphatic carbocycles. The predicted octanol–water partition coefficient (Wildman–Crippen LogP) is 4.86. The number of nitrogens with zero attached hydrogens (tertiary/aromatic N) is 2. The van der Waals surface area contributed by atoms with E-state index in [1.165, 1.54) is 5.56 Å². The summed E-state index contributed by atoms with van der Waals surface area (Å²) in [5.41, 5.74) is 2.37. The van der Waals surface area contributed by atoms with E-state index in [1.807, 2.05) is 6.07 Å². The summed E-state index contributed by atoms with van der Waals surface area (Å²) in [5, 5.41) is 8.22. The van der Waals surface area contributed by atoms with E-state index in [2.05, 4.69) is 82.3 Å². The molecule has 1 N–H and O–H groups in total. The Hall–Kier alpha value is -1.13. The molecule has 2 aromatic rings. The minimum atomic E-state index is 0.291. The maximum absolute atomic E-state index is 4.68. The monoisotopic (exact) mass is 349 g/mol. The molecule has 0 bridgehead atoms. The second kappa shape index (κ2) is 7.76. The smallest absolute Gasteiger partial charge is 0.0762 e. The van der Waals surface area contributed by atoms with Gasteiger partial charge in [0.05, 0.1) is 11.7 Å². The van der Waals surface area contributed by atoms with Crippen molar-refractivity contribution in [2.24, 2.45) is 0 Å². The number of nitrogens with one attached hydrogen (secondary N) is 1. The Bertz CT molecular complexity index is 561. The SMILES string of the molecule is CCC(CC)n1ccc(CN[C@@H](C)c2ccccc2Br)n1. The van der Waals surface area contributed by atoms with Crippen LogP contribution in [-0.2, 0) is 6.54 Å². The van der Waals surface area contributed by atoms with Crippen LogP contribution >= 0.6 is 15.9 Å². The summed E-state index contributed by atoms with van der Waals surface area (Å²) in [4.78, 5) is 0. The fourth-order valence-electron chi connectivity index (χ4n) is 2.53. The van der Waals surface area contributed by atoms with Gasteiger partial charge in [-0.25, -0.2) is 0 Å². The molecule has 0 saturated carbocycles. The van der Waals surface area contributed by atoms with Crippen molar-refractivity contribution >= 4 is 15.9 Å². The van der Waals surface area contributed by atoms with Gasteiger partial charge in [-0.1, -0.05) is 48.0 Å². The van der Waals surface area contributed by atoms with Crippen LogP contribution in [-0.4, -0.2) is 9.78 Å². The van der Waals surface area contributed by atoms with E-state index in [1.54, 1.807) is 0 Å². The molecule has 21 heavy (non-hydrogen) atoms. The van der Waals surface area contributed by atoms with Gasteiger partial charge in [-0.05, 0) is 37.5 Å². The molecule has 0 fully saturated rings. The van der Waals surface area contributed by atoms with Gasteiger partial charge in [0, 0.05) is 23.3 Å². The average Bonchev–Trinajstić information content (AvgIpc) is 2.95. The van der Waals surface area contributed by atoms with Crippen molar-refractivity contribution in [3.8, 4) is 0 Å². The highest BCUT2D eigenvalue weighted by molar-refractivity contribution is 9.10.